The standard InChI is InChI=1S/C54H86N6O2.C53H82N6O3/c1-11-18-50(35-38-61)58-53-51(47(9)57-54(55)59-53)39-48-30-32-49(33-31-48)40-60(10)37-36-56-52(62)34-29-46(8)28-17-27-45(7)26-16-24-43(5)21-13-12-20-42(4)23-15-25-44(6)22-14-19-41(2)3;1-11-18-48(37-60)58-51-49(45(10)57-53(54)59-51)36-46-30-31-47(35-44(46)9)52(62)56-34-33-55-50(61)32-29-43(8)28-17-27-42(7)26-16-24-40(5)21-13-12-20-39(4)23-15-25-41(6)22-14-19-38(2)3/h19-21,25-26,28,30-33,50,61H,11-18,22-24,27,29,34-40H2,1-10H3,(H,56,62)(H3,55,57,58,59);19-21,25-26,28,30-31,35,48,60H,11-18,22-24,27,29,32-34,36-37H2,1-10H3,(H,55,61)(H,56,62)(H3,54,57,58,59)/b42-20+,43-21+,44-25+,45-26+,46-28+;39-20+,40-21+,41-25+,42-26+,43-28+/t50-;48-/m00/s1. The fourth-order valence-electron chi connectivity index (χ4n) is 14.7. The van der Waals surface area contributed by atoms with E-state index in [0.29, 0.717) is 63.1 Å². The van der Waals surface area contributed by atoms with Crippen LogP contribution < -0.4 is 38.1 Å². The van der Waals surface area contributed by atoms with Gasteiger partial charge in [-0.15, -0.1) is 0 Å². The van der Waals surface area contributed by atoms with Crippen molar-refractivity contribution < 1.29 is 24.6 Å². The molecule has 2 heterocycles. The lowest BCUT2D eigenvalue weighted by atomic mass is 9.97. The van der Waals surface area contributed by atoms with Gasteiger partial charge in [-0.2, -0.15) is 9.97 Å². The van der Waals surface area contributed by atoms with E-state index in [2.05, 4.69) is 266 Å². The van der Waals surface area contributed by atoms with Crippen molar-refractivity contribution in [3.05, 3.63) is 233 Å². The molecule has 0 unspecified atom stereocenters. The number of nitrogens with two attached hydrogens (primary N) is 2. The summed E-state index contributed by atoms with van der Waals surface area (Å²) in [7, 11) is 2.09. The molecule has 2 aromatic heterocycles. The number of nitrogens with zero attached hydrogens (tertiary/aromatic N) is 5. The minimum atomic E-state index is -0.187. The number of aliphatic hydroxyl groups is 2. The van der Waals surface area contributed by atoms with E-state index in [-0.39, 0.29) is 54.9 Å². The number of benzene rings is 2. The Bertz CT molecular complexity index is 4220. The first-order valence-corrected chi connectivity index (χ1v) is 46.8. The van der Waals surface area contributed by atoms with Gasteiger partial charge in [-0.25, -0.2) is 9.97 Å². The van der Waals surface area contributed by atoms with Crippen LogP contribution in [0.15, 0.2) is 182 Å². The monoisotopic (exact) mass is 1700 g/mol. The number of rotatable bonds is 60. The van der Waals surface area contributed by atoms with E-state index in [4.69, 9.17) is 11.5 Å². The molecule has 4 aromatic rings. The number of anilines is 4. The summed E-state index contributed by atoms with van der Waals surface area (Å²) in [6.45, 7) is 44.0. The van der Waals surface area contributed by atoms with Crippen molar-refractivity contribution in [2.24, 2.45) is 0 Å². The van der Waals surface area contributed by atoms with Gasteiger partial charge in [-0.3, -0.25) is 14.4 Å². The normalized spacial score (nSPS) is 13.3. The molecule has 0 aliphatic carbocycles. The van der Waals surface area contributed by atoms with Crippen LogP contribution in [0.3, 0.4) is 0 Å². The molecule has 0 radical (unpaired) electrons. The van der Waals surface area contributed by atoms with Gasteiger partial charge in [0.2, 0.25) is 23.7 Å². The molecule has 3 amide bonds. The molecule has 686 valence electrons. The van der Waals surface area contributed by atoms with Crippen LogP contribution in [-0.4, -0.2) is 111 Å². The first-order chi connectivity index (χ1) is 59.3. The molecule has 0 bridgehead atoms. The second kappa shape index (κ2) is 64.7. The van der Waals surface area contributed by atoms with Crippen LogP contribution in [-0.2, 0) is 29.0 Å². The topological polar surface area (TPSA) is 259 Å². The quantitative estimate of drug-likeness (QED) is 0.0147. The number of carbonyl (C=O) groups is 3. The van der Waals surface area contributed by atoms with Crippen LogP contribution in [0.2, 0.25) is 0 Å². The second-order valence-corrected chi connectivity index (χ2v) is 35.5. The minimum Gasteiger partial charge on any atom is -0.396 e. The summed E-state index contributed by atoms with van der Waals surface area (Å²) in [4.78, 5) is 58.1. The van der Waals surface area contributed by atoms with Crippen molar-refractivity contribution in [1.29, 1.82) is 0 Å². The lowest BCUT2D eigenvalue weighted by Gasteiger charge is -2.21. The van der Waals surface area contributed by atoms with Crippen LogP contribution >= 0.6 is 0 Å². The molecule has 0 fully saturated rings. The molecule has 0 saturated carbocycles. The second-order valence-electron chi connectivity index (χ2n) is 35.5. The Hall–Kier alpha value is -9.03. The third kappa shape index (κ3) is 51.4. The first kappa shape index (κ1) is 109. The van der Waals surface area contributed by atoms with E-state index in [1.807, 2.05) is 39.0 Å². The SMILES string of the molecule is CCC[C@@H](CCO)Nc1nc(N)nc(C)c1Cc1ccc(CN(C)CCNC(=O)CC/C(C)=C/CC/C(C)=C/CC/C(C)=C/CC/C=C(\C)CC/C=C(\C)CCC=C(C)C)cc1.CCC[C@@H](CO)Nc1nc(N)nc(C)c1Cc1ccc(C(=O)NCCNC(=O)CC/C(C)=C/CC/C(C)=C/CC/C(C)=C/CC/C=C(\C)CC/C=C(\C)CCC=C(C)C)cc1C. The molecule has 17 heteroatoms. The van der Waals surface area contributed by atoms with Gasteiger partial charge >= 0.3 is 0 Å². The molecule has 11 N–H and O–H groups in total. The predicted molar refractivity (Wildman–Crippen MR) is 531 cm³/mol. The van der Waals surface area contributed by atoms with Crippen LogP contribution in [0.4, 0.5) is 23.5 Å². The molecule has 4 rings (SSSR count). The predicted octanol–water partition coefficient (Wildman–Crippen LogP) is 24.9. The van der Waals surface area contributed by atoms with Gasteiger partial charge < -0.3 is 53.2 Å². The van der Waals surface area contributed by atoms with Gasteiger partial charge in [0.05, 0.1) is 12.6 Å². The van der Waals surface area contributed by atoms with E-state index >= 15 is 0 Å². The molecule has 124 heavy (non-hydrogen) atoms. The Kier molecular flexibility index (Phi) is 56.9. The maximum absolute atomic E-state index is 12.9. The number of aromatic nitrogens is 4. The van der Waals surface area contributed by atoms with E-state index in [1.165, 1.54) is 84.4 Å². The number of aliphatic hydroxyl groups excluding tert-OH is 2. The zero-order valence-electron chi connectivity index (χ0n) is 81.0. The molecule has 2 aromatic carbocycles. The summed E-state index contributed by atoms with van der Waals surface area (Å²) in [5.74, 6) is 1.72. The molecule has 0 aliphatic heterocycles. The van der Waals surface area contributed by atoms with E-state index in [0.717, 1.165) is 213 Å². The van der Waals surface area contributed by atoms with Crippen LogP contribution in [0.1, 0.15) is 352 Å². The average Bonchev–Trinajstić information content (AvgIpc) is 0.584. The number of nitrogen functional groups attached to an aromatic ring is 2. The van der Waals surface area contributed by atoms with Crippen molar-refractivity contribution >= 4 is 41.3 Å². The van der Waals surface area contributed by atoms with Gasteiger partial charge in [0, 0.05) is 99.1 Å². The first-order valence-electron chi connectivity index (χ1n) is 46.8. The highest BCUT2D eigenvalue weighted by molar-refractivity contribution is 5.94. The number of likely N-dealkylation sites (N-methyl/N-ethyl adjacent to an activating group) is 1. The summed E-state index contributed by atoms with van der Waals surface area (Å²) in [6, 6.07) is 14.3. The van der Waals surface area contributed by atoms with E-state index in [1.54, 1.807) is 0 Å². The van der Waals surface area contributed by atoms with Crippen molar-refractivity contribution in [3.63, 3.8) is 0 Å². The highest BCUT2D eigenvalue weighted by atomic mass is 16.3. The van der Waals surface area contributed by atoms with Crippen LogP contribution in [0, 0.1) is 20.8 Å². The number of allylic oxidation sites excluding steroid dienone is 24. The Morgan fingerprint density at radius 2 is 0.750 bits per heavy atom. The van der Waals surface area contributed by atoms with Crippen molar-refractivity contribution in [1.82, 2.24) is 40.8 Å². The third-order valence-electron chi connectivity index (χ3n) is 22.7. The van der Waals surface area contributed by atoms with Crippen LogP contribution in [0.5, 0.6) is 0 Å². The smallest absolute Gasteiger partial charge is 0.251 e. The number of nitrogens with one attached hydrogen (secondary N) is 5. The highest BCUT2D eigenvalue weighted by Crippen LogP contribution is 2.28. The molecule has 2 atom stereocenters. The van der Waals surface area contributed by atoms with Crippen molar-refractivity contribution in [2.45, 2.75) is 349 Å². The number of carbonyl (C=O) groups excluding carboxylic acids is 3. The number of unbranched alkanes of at least 4 members (excludes halogenated alkanes) is 2. The maximum Gasteiger partial charge on any atom is 0.251 e. The largest absolute Gasteiger partial charge is 0.396 e. The van der Waals surface area contributed by atoms with Crippen LogP contribution in [0.25, 0.3) is 0 Å². The molecule has 17 nitrogen and oxygen atoms in total. The lowest BCUT2D eigenvalue weighted by Crippen LogP contribution is -2.34. The summed E-state index contributed by atoms with van der Waals surface area (Å²) in [6.07, 6.45) is 58.7. The lowest BCUT2D eigenvalue weighted by molar-refractivity contribution is -0.121. The third-order valence-corrected chi connectivity index (χ3v) is 22.7. The Labute approximate surface area is 752 Å². The summed E-state index contributed by atoms with van der Waals surface area (Å²) in [5, 5.41) is 35.2. The fourth-order valence-corrected chi connectivity index (χ4v) is 14.7. The number of hydrogen-bond acceptors (Lipinski definition) is 14. The van der Waals surface area contributed by atoms with Gasteiger partial charge in [-0.1, -0.05) is 197 Å². The maximum atomic E-state index is 12.9. The number of aryl methyl sites for hydroxylation is 3. The Morgan fingerprint density at radius 3 is 1.13 bits per heavy atom. The number of amides is 3. The minimum absolute atomic E-state index is 0.00686. The number of hydrogen-bond donors (Lipinski definition) is 9. The van der Waals surface area contributed by atoms with E-state index in [9.17, 15) is 24.6 Å². The van der Waals surface area contributed by atoms with Gasteiger partial charge in [0.15, 0.2) is 0 Å². The molecular formula is C107H168N12O5. The van der Waals surface area contributed by atoms with Gasteiger partial charge in [0.25, 0.3) is 5.91 Å². The average molecular weight is 1700 g/mol. The van der Waals surface area contributed by atoms with Crippen molar-refractivity contribution in [3.8, 4) is 0 Å². The summed E-state index contributed by atoms with van der Waals surface area (Å²) >= 11 is 0. The molecule has 0 aliphatic rings. The van der Waals surface area contributed by atoms with Gasteiger partial charge in [-0.05, 0) is 320 Å². The molecule has 0 saturated heterocycles. The summed E-state index contributed by atoms with van der Waals surface area (Å²) < 4.78 is 0. The van der Waals surface area contributed by atoms with Gasteiger partial charge in [0.1, 0.15) is 11.6 Å². The zero-order chi connectivity index (χ0) is 91.6. The Balaban J connectivity index is 0.000000640. The zero-order valence-corrected chi connectivity index (χ0v) is 81.0. The fraction of sp³-hybridized carbons (Fsp3) is 0.561. The molecule has 0 spiro atoms. The highest BCUT2D eigenvalue weighted by Gasteiger charge is 2.20. The molecular weight excluding hydrogens is 1530 g/mol. The summed E-state index contributed by atoms with van der Waals surface area (Å²) in [5.41, 5.74) is 37.6. The van der Waals surface area contributed by atoms with E-state index < -0.39 is 0 Å². The Morgan fingerprint density at radius 1 is 0.403 bits per heavy atom. The van der Waals surface area contributed by atoms with Crippen molar-refractivity contribution in [2.75, 3.05) is 68.5 Å².